The van der Waals surface area contributed by atoms with Gasteiger partial charge in [0.2, 0.25) is 0 Å². The first kappa shape index (κ1) is 18.6. The molecular formula is C19H25ClN2O2. The molecule has 0 saturated carbocycles. The van der Waals surface area contributed by atoms with Crippen LogP contribution in [-0.4, -0.2) is 37.7 Å². The van der Waals surface area contributed by atoms with Gasteiger partial charge in [-0.2, -0.15) is 0 Å². The smallest absolute Gasteiger partial charge is 0.165 e. The van der Waals surface area contributed by atoms with Gasteiger partial charge < -0.3 is 15.2 Å². The minimum absolute atomic E-state index is 0. The molecule has 0 atom stereocenters. The number of benzene rings is 2. The predicted octanol–water partition coefficient (Wildman–Crippen LogP) is 2.88. The molecule has 24 heavy (non-hydrogen) atoms. The van der Waals surface area contributed by atoms with Gasteiger partial charge in [0.25, 0.3) is 0 Å². The summed E-state index contributed by atoms with van der Waals surface area (Å²) < 4.78 is 11.5. The molecule has 0 amide bonds. The minimum Gasteiger partial charge on any atom is -0.486 e. The average molecular weight is 349 g/mol. The third kappa shape index (κ3) is 4.87. The molecule has 2 aromatic rings. The van der Waals surface area contributed by atoms with Crippen LogP contribution in [0.1, 0.15) is 11.1 Å². The molecule has 0 unspecified atom stereocenters. The Kier molecular flexibility index (Phi) is 7.37. The van der Waals surface area contributed by atoms with E-state index in [-0.39, 0.29) is 12.4 Å². The molecule has 2 N–H and O–H groups in total. The Labute approximate surface area is 150 Å². The van der Waals surface area contributed by atoms with E-state index < -0.39 is 0 Å². The summed E-state index contributed by atoms with van der Waals surface area (Å²) in [5, 5.41) is 0. The lowest BCUT2D eigenvalue weighted by Gasteiger charge is -2.25. The van der Waals surface area contributed by atoms with E-state index in [1.807, 2.05) is 12.1 Å². The molecule has 0 radical (unpaired) electrons. The van der Waals surface area contributed by atoms with E-state index in [0.717, 1.165) is 37.6 Å². The first-order valence-electron chi connectivity index (χ1n) is 8.20. The van der Waals surface area contributed by atoms with E-state index in [9.17, 15) is 0 Å². The van der Waals surface area contributed by atoms with Crippen LogP contribution in [0.3, 0.4) is 0 Å². The molecule has 3 rings (SSSR count). The summed E-state index contributed by atoms with van der Waals surface area (Å²) in [4.78, 5) is 2.38. The molecule has 1 aliphatic heterocycles. The maximum atomic E-state index is 5.81. The summed E-state index contributed by atoms with van der Waals surface area (Å²) in [6.07, 6.45) is 1.02. The number of ether oxygens (including phenoxy) is 2. The molecule has 0 fully saturated rings. The molecule has 0 aliphatic carbocycles. The topological polar surface area (TPSA) is 47.7 Å². The minimum atomic E-state index is 0. The van der Waals surface area contributed by atoms with E-state index in [4.69, 9.17) is 15.2 Å². The highest BCUT2D eigenvalue weighted by atomic mass is 35.5. The van der Waals surface area contributed by atoms with Gasteiger partial charge in [0.15, 0.2) is 11.5 Å². The first-order valence-corrected chi connectivity index (χ1v) is 8.20. The Hall–Kier alpha value is -1.75. The van der Waals surface area contributed by atoms with Crippen molar-refractivity contribution in [1.82, 2.24) is 4.90 Å². The van der Waals surface area contributed by atoms with Crippen LogP contribution in [0.15, 0.2) is 48.5 Å². The van der Waals surface area contributed by atoms with Crippen molar-refractivity contribution in [3.63, 3.8) is 0 Å². The summed E-state index contributed by atoms with van der Waals surface area (Å²) in [5.74, 6) is 1.74. The zero-order chi connectivity index (χ0) is 15.9. The monoisotopic (exact) mass is 348 g/mol. The fraction of sp³-hybridized carbons (Fsp3) is 0.368. The zero-order valence-corrected chi connectivity index (χ0v) is 14.6. The lowest BCUT2D eigenvalue weighted by molar-refractivity contribution is 0.166. The van der Waals surface area contributed by atoms with Crippen molar-refractivity contribution in [3.8, 4) is 11.5 Å². The Balaban J connectivity index is 0.00000208. The van der Waals surface area contributed by atoms with Gasteiger partial charge in [-0.05, 0) is 18.1 Å². The lowest BCUT2D eigenvalue weighted by Crippen LogP contribution is -2.31. The fourth-order valence-corrected chi connectivity index (χ4v) is 2.88. The Bertz CT molecular complexity index is 622. The van der Waals surface area contributed by atoms with Gasteiger partial charge in [-0.1, -0.05) is 42.5 Å². The Morgan fingerprint density at radius 3 is 2.50 bits per heavy atom. The summed E-state index contributed by atoms with van der Waals surface area (Å²) in [7, 11) is 0. The van der Waals surface area contributed by atoms with Crippen LogP contribution in [-0.2, 0) is 13.0 Å². The van der Waals surface area contributed by atoms with Crippen LogP contribution in [0.5, 0.6) is 11.5 Å². The van der Waals surface area contributed by atoms with Gasteiger partial charge in [0.1, 0.15) is 13.2 Å². The second-order valence-electron chi connectivity index (χ2n) is 5.74. The third-order valence-electron chi connectivity index (χ3n) is 4.05. The maximum absolute atomic E-state index is 5.81. The number of hydrogen-bond acceptors (Lipinski definition) is 4. The summed E-state index contributed by atoms with van der Waals surface area (Å²) in [6, 6.07) is 16.7. The highest BCUT2D eigenvalue weighted by Gasteiger charge is 2.17. The molecule has 0 saturated heterocycles. The van der Waals surface area contributed by atoms with E-state index in [2.05, 4.69) is 41.3 Å². The van der Waals surface area contributed by atoms with Crippen molar-refractivity contribution in [2.75, 3.05) is 32.8 Å². The van der Waals surface area contributed by atoms with Crippen molar-refractivity contribution < 1.29 is 9.47 Å². The fourth-order valence-electron chi connectivity index (χ4n) is 2.88. The lowest BCUT2D eigenvalue weighted by atomic mass is 10.1. The Morgan fingerprint density at radius 1 is 0.917 bits per heavy atom. The van der Waals surface area contributed by atoms with Crippen LogP contribution in [0.2, 0.25) is 0 Å². The molecule has 4 nitrogen and oxygen atoms in total. The number of para-hydroxylation sites is 1. The van der Waals surface area contributed by atoms with Gasteiger partial charge in [0, 0.05) is 31.7 Å². The maximum Gasteiger partial charge on any atom is 0.165 e. The van der Waals surface area contributed by atoms with Crippen molar-refractivity contribution in [3.05, 3.63) is 59.7 Å². The normalized spacial score (nSPS) is 12.8. The molecule has 130 valence electrons. The van der Waals surface area contributed by atoms with Crippen molar-refractivity contribution in [1.29, 1.82) is 0 Å². The molecule has 0 aromatic heterocycles. The second-order valence-corrected chi connectivity index (χ2v) is 5.74. The van der Waals surface area contributed by atoms with Crippen molar-refractivity contribution in [2.24, 2.45) is 5.73 Å². The first-order chi connectivity index (χ1) is 11.4. The van der Waals surface area contributed by atoms with Crippen molar-refractivity contribution in [2.45, 2.75) is 13.0 Å². The quantitative estimate of drug-likeness (QED) is 0.835. The van der Waals surface area contributed by atoms with Gasteiger partial charge in [-0.25, -0.2) is 0 Å². The van der Waals surface area contributed by atoms with Crippen LogP contribution >= 0.6 is 12.4 Å². The molecule has 2 aromatic carbocycles. The average Bonchev–Trinajstić information content (AvgIpc) is 2.61. The molecule has 5 heteroatoms. The Morgan fingerprint density at radius 2 is 1.71 bits per heavy atom. The SMILES string of the molecule is Cl.NCCN(CCc1ccccc1)Cc1cccc2c1OCCO2. The number of nitrogens with zero attached hydrogens (tertiary/aromatic N) is 1. The van der Waals surface area contributed by atoms with E-state index >= 15 is 0 Å². The number of hydrogen-bond donors (Lipinski definition) is 1. The van der Waals surface area contributed by atoms with Crippen LogP contribution < -0.4 is 15.2 Å². The zero-order valence-electron chi connectivity index (χ0n) is 13.8. The van der Waals surface area contributed by atoms with Crippen molar-refractivity contribution >= 4 is 12.4 Å². The summed E-state index contributed by atoms with van der Waals surface area (Å²) >= 11 is 0. The number of nitrogens with two attached hydrogens (primary N) is 1. The number of rotatable bonds is 7. The van der Waals surface area contributed by atoms with Crippen LogP contribution in [0, 0.1) is 0 Å². The summed E-state index contributed by atoms with van der Waals surface area (Å²) in [6.45, 7) is 4.57. The molecule has 1 aliphatic rings. The van der Waals surface area contributed by atoms with Gasteiger partial charge in [-0.3, -0.25) is 4.90 Å². The molecular weight excluding hydrogens is 324 g/mol. The molecule has 1 heterocycles. The van der Waals surface area contributed by atoms with Gasteiger partial charge in [0.05, 0.1) is 0 Å². The van der Waals surface area contributed by atoms with Crippen LogP contribution in [0.4, 0.5) is 0 Å². The third-order valence-corrected chi connectivity index (χ3v) is 4.05. The molecule has 0 bridgehead atoms. The van der Waals surface area contributed by atoms with E-state index in [1.165, 1.54) is 11.1 Å². The predicted molar refractivity (Wildman–Crippen MR) is 99.2 cm³/mol. The van der Waals surface area contributed by atoms with E-state index in [0.29, 0.717) is 19.8 Å². The standard InChI is InChI=1S/C19H24N2O2.ClH/c20-10-12-21(11-9-16-5-2-1-3-6-16)15-17-7-4-8-18-19(17)23-14-13-22-18;/h1-8H,9-15,20H2;1H. The second kappa shape index (κ2) is 9.52. The van der Waals surface area contributed by atoms with Gasteiger partial charge >= 0.3 is 0 Å². The number of halogens is 1. The highest BCUT2D eigenvalue weighted by Crippen LogP contribution is 2.34. The van der Waals surface area contributed by atoms with Gasteiger partial charge in [-0.15, -0.1) is 12.4 Å². The van der Waals surface area contributed by atoms with E-state index in [1.54, 1.807) is 0 Å². The molecule has 0 spiro atoms. The largest absolute Gasteiger partial charge is 0.486 e. The van der Waals surface area contributed by atoms with Crippen LogP contribution in [0.25, 0.3) is 0 Å². The highest BCUT2D eigenvalue weighted by molar-refractivity contribution is 5.85. The summed E-state index contributed by atoms with van der Waals surface area (Å²) in [5.41, 5.74) is 8.31. The number of fused-ring (bicyclic) bond motifs is 1.